The predicted octanol–water partition coefficient (Wildman–Crippen LogP) is 5.67. The molecule has 1 aliphatic carbocycles. The van der Waals surface area contributed by atoms with E-state index in [0.29, 0.717) is 28.7 Å². The number of carbonyl (C=O) groups excluding carboxylic acids is 2. The quantitative estimate of drug-likeness (QED) is 0.373. The second-order valence-corrected chi connectivity index (χ2v) is 7.58. The fourth-order valence-corrected chi connectivity index (χ4v) is 3.23. The molecule has 0 aromatic heterocycles. The van der Waals surface area contributed by atoms with E-state index < -0.39 is 0 Å². The third kappa shape index (κ3) is 5.63. The number of ketones is 2. The van der Waals surface area contributed by atoms with Gasteiger partial charge in [-0.15, -0.1) is 6.58 Å². The van der Waals surface area contributed by atoms with Crippen LogP contribution in [0.25, 0.3) is 0 Å². The molecule has 144 valence electrons. The van der Waals surface area contributed by atoms with Gasteiger partial charge in [-0.1, -0.05) is 17.7 Å². The summed E-state index contributed by atoms with van der Waals surface area (Å²) in [7, 11) is 1.72. The van der Waals surface area contributed by atoms with E-state index in [1.807, 2.05) is 6.08 Å². The average Bonchev–Trinajstić information content (AvgIpc) is 2.63. The van der Waals surface area contributed by atoms with E-state index in [2.05, 4.69) is 26.5 Å². The number of rotatable bonds is 10. The Labute approximate surface area is 158 Å². The van der Waals surface area contributed by atoms with Gasteiger partial charge in [0.15, 0.2) is 11.6 Å². The molecule has 0 amide bonds. The summed E-state index contributed by atoms with van der Waals surface area (Å²) < 4.78 is 5.76. The first kappa shape index (κ1) is 22.3. The van der Waals surface area contributed by atoms with Crippen LogP contribution < -0.4 is 0 Å². The summed E-state index contributed by atoms with van der Waals surface area (Å²) in [6.45, 7) is 13.2. The van der Waals surface area contributed by atoms with E-state index in [1.165, 1.54) is 5.57 Å². The third-order valence-corrected chi connectivity index (χ3v) is 5.62. The molecule has 0 fully saturated rings. The lowest BCUT2D eigenvalue weighted by Crippen LogP contribution is -2.29. The van der Waals surface area contributed by atoms with Gasteiger partial charge in [-0.25, -0.2) is 0 Å². The van der Waals surface area contributed by atoms with Crippen LogP contribution >= 0.6 is 0 Å². The maximum atomic E-state index is 12.6. The highest BCUT2D eigenvalue weighted by Crippen LogP contribution is 2.31. The van der Waals surface area contributed by atoms with Crippen LogP contribution in [0.5, 0.6) is 0 Å². The minimum atomic E-state index is -0.310. The molecule has 0 aromatic carbocycles. The Morgan fingerprint density at radius 2 is 1.65 bits per heavy atom. The molecule has 0 heterocycles. The lowest BCUT2D eigenvalue weighted by molar-refractivity contribution is -0.116. The first-order valence-corrected chi connectivity index (χ1v) is 9.45. The topological polar surface area (TPSA) is 43.4 Å². The Balaban J connectivity index is 2.74. The van der Waals surface area contributed by atoms with Crippen molar-refractivity contribution in [1.82, 2.24) is 0 Å². The molecule has 0 saturated carbocycles. The third-order valence-electron chi connectivity index (χ3n) is 5.62. The molecule has 3 heteroatoms. The van der Waals surface area contributed by atoms with Gasteiger partial charge in [-0.3, -0.25) is 9.59 Å². The SMILES string of the molecule is C=CCC/C(C)=C/CCC(C)(CCC1=C(C)C(=O)C(C)=C(C)C1=O)OC. The van der Waals surface area contributed by atoms with Crippen LogP contribution in [0.2, 0.25) is 0 Å². The van der Waals surface area contributed by atoms with Crippen LogP contribution in [-0.2, 0) is 14.3 Å². The maximum Gasteiger partial charge on any atom is 0.185 e. The molecule has 0 N–H and O–H groups in total. The molecule has 0 bridgehead atoms. The predicted molar refractivity (Wildman–Crippen MR) is 108 cm³/mol. The second kappa shape index (κ2) is 9.82. The fraction of sp³-hybridized carbons (Fsp3) is 0.565. The first-order valence-electron chi connectivity index (χ1n) is 9.45. The highest BCUT2D eigenvalue weighted by molar-refractivity contribution is 6.24. The number of Topliss-reactive ketones (excluding diaryl/α,β-unsaturated/α-hetero) is 2. The largest absolute Gasteiger partial charge is 0.379 e. The summed E-state index contributed by atoms with van der Waals surface area (Å²) in [5.74, 6) is 0.00946. The Bertz CT molecular complexity index is 661. The van der Waals surface area contributed by atoms with E-state index in [-0.39, 0.29) is 17.2 Å². The van der Waals surface area contributed by atoms with Gasteiger partial charge in [0.1, 0.15) is 0 Å². The molecule has 1 aliphatic rings. The van der Waals surface area contributed by atoms with E-state index >= 15 is 0 Å². The van der Waals surface area contributed by atoms with Crippen molar-refractivity contribution in [1.29, 1.82) is 0 Å². The monoisotopic (exact) mass is 358 g/mol. The van der Waals surface area contributed by atoms with Crippen molar-refractivity contribution in [2.45, 2.75) is 78.7 Å². The Morgan fingerprint density at radius 1 is 1.04 bits per heavy atom. The first-order chi connectivity index (χ1) is 12.2. The van der Waals surface area contributed by atoms with Crippen LogP contribution in [0.1, 0.15) is 73.1 Å². The van der Waals surface area contributed by atoms with Crippen molar-refractivity contribution in [2.75, 3.05) is 7.11 Å². The number of hydrogen-bond donors (Lipinski definition) is 0. The van der Waals surface area contributed by atoms with E-state index in [0.717, 1.165) is 32.1 Å². The van der Waals surface area contributed by atoms with Crippen LogP contribution in [-0.4, -0.2) is 24.3 Å². The van der Waals surface area contributed by atoms with Gasteiger partial charge >= 0.3 is 0 Å². The molecule has 26 heavy (non-hydrogen) atoms. The Kier molecular flexibility index (Phi) is 8.42. The zero-order valence-corrected chi connectivity index (χ0v) is 17.3. The summed E-state index contributed by atoms with van der Waals surface area (Å²) in [6.07, 6.45) is 9.36. The van der Waals surface area contributed by atoms with Gasteiger partial charge in [-0.2, -0.15) is 0 Å². The van der Waals surface area contributed by atoms with E-state index in [4.69, 9.17) is 4.74 Å². The fourth-order valence-electron chi connectivity index (χ4n) is 3.23. The van der Waals surface area contributed by atoms with Gasteiger partial charge in [0, 0.05) is 29.4 Å². The van der Waals surface area contributed by atoms with Crippen molar-refractivity contribution < 1.29 is 14.3 Å². The lowest BCUT2D eigenvalue weighted by atomic mass is 9.81. The molecule has 0 aliphatic heterocycles. The zero-order valence-electron chi connectivity index (χ0n) is 17.3. The number of carbonyl (C=O) groups is 2. The van der Waals surface area contributed by atoms with Crippen molar-refractivity contribution >= 4 is 11.6 Å². The summed E-state index contributed by atoms with van der Waals surface area (Å²) in [5, 5.41) is 0. The van der Waals surface area contributed by atoms with Crippen molar-refractivity contribution in [3.8, 4) is 0 Å². The van der Waals surface area contributed by atoms with Gasteiger partial charge < -0.3 is 4.74 Å². The van der Waals surface area contributed by atoms with Gasteiger partial charge in [-0.05, 0) is 73.1 Å². The van der Waals surface area contributed by atoms with Gasteiger partial charge in [0.05, 0.1) is 5.60 Å². The molecular formula is C23H34O3. The summed E-state index contributed by atoms with van der Waals surface area (Å²) in [5.41, 5.74) is 3.46. The molecule has 0 radical (unpaired) electrons. The molecule has 1 rings (SSSR count). The summed E-state index contributed by atoms with van der Waals surface area (Å²) >= 11 is 0. The molecule has 0 spiro atoms. The standard InChI is InChI=1S/C23H34O3/c1-8-9-11-16(2)12-10-14-23(6,26-7)15-13-20-19(5)21(24)17(3)18(4)22(20)25/h8,12H,1,9-11,13-15H2,2-7H3/b16-12+. The molecule has 3 nitrogen and oxygen atoms in total. The highest BCUT2D eigenvalue weighted by Gasteiger charge is 2.30. The van der Waals surface area contributed by atoms with Crippen molar-refractivity contribution in [3.63, 3.8) is 0 Å². The van der Waals surface area contributed by atoms with Crippen molar-refractivity contribution in [3.05, 3.63) is 46.6 Å². The van der Waals surface area contributed by atoms with Crippen LogP contribution in [0, 0.1) is 0 Å². The number of ether oxygens (including phenoxy) is 1. The summed E-state index contributed by atoms with van der Waals surface area (Å²) in [6, 6.07) is 0. The molecule has 1 atom stereocenters. The molecule has 0 aromatic rings. The highest BCUT2D eigenvalue weighted by atomic mass is 16.5. The number of methoxy groups -OCH3 is 1. The Hall–Kier alpha value is -1.74. The van der Waals surface area contributed by atoms with Crippen molar-refractivity contribution in [2.24, 2.45) is 0 Å². The van der Waals surface area contributed by atoms with Crippen LogP contribution in [0.15, 0.2) is 46.6 Å². The van der Waals surface area contributed by atoms with Gasteiger partial charge in [0.25, 0.3) is 0 Å². The average molecular weight is 359 g/mol. The Morgan fingerprint density at radius 3 is 2.23 bits per heavy atom. The number of allylic oxidation sites excluding steroid dienone is 7. The number of hydrogen-bond acceptors (Lipinski definition) is 3. The normalized spacial score (nSPS) is 18.5. The van der Waals surface area contributed by atoms with Gasteiger partial charge in [0.2, 0.25) is 0 Å². The smallest absolute Gasteiger partial charge is 0.185 e. The van der Waals surface area contributed by atoms with Crippen LogP contribution in [0.3, 0.4) is 0 Å². The minimum Gasteiger partial charge on any atom is -0.379 e. The maximum absolute atomic E-state index is 12.6. The molecule has 0 saturated heterocycles. The molecule has 1 unspecified atom stereocenters. The van der Waals surface area contributed by atoms with Crippen LogP contribution in [0.4, 0.5) is 0 Å². The summed E-state index contributed by atoms with van der Waals surface area (Å²) in [4.78, 5) is 24.9. The minimum absolute atomic E-state index is 0.00278. The lowest BCUT2D eigenvalue weighted by Gasteiger charge is -2.29. The molecular weight excluding hydrogens is 324 g/mol. The van der Waals surface area contributed by atoms with E-state index in [9.17, 15) is 9.59 Å². The second-order valence-electron chi connectivity index (χ2n) is 7.58. The van der Waals surface area contributed by atoms with E-state index in [1.54, 1.807) is 27.9 Å². The zero-order chi connectivity index (χ0) is 19.9.